The van der Waals surface area contributed by atoms with E-state index in [1.54, 1.807) is 13.2 Å². The maximum absolute atomic E-state index is 11.4. The van der Waals surface area contributed by atoms with Crippen molar-refractivity contribution in [3.8, 4) is 5.75 Å². The zero-order chi connectivity index (χ0) is 14.8. The molecule has 2 atom stereocenters. The van der Waals surface area contributed by atoms with Crippen molar-refractivity contribution in [3.63, 3.8) is 0 Å². The summed E-state index contributed by atoms with van der Waals surface area (Å²) in [5.41, 5.74) is 0.637. The van der Waals surface area contributed by atoms with Crippen molar-refractivity contribution in [2.45, 2.75) is 36.8 Å². The van der Waals surface area contributed by atoms with Gasteiger partial charge in [0.1, 0.15) is 5.75 Å². The molecule has 6 nitrogen and oxygen atoms in total. The lowest BCUT2D eigenvalue weighted by Gasteiger charge is -2.29. The molecule has 1 fully saturated rings. The van der Waals surface area contributed by atoms with Gasteiger partial charge >= 0.3 is 0 Å². The summed E-state index contributed by atoms with van der Waals surface area (Å²) in [5, 5.41) is 8.47. The Hall–Kier alpha value is -1.31. The molecule has 1 heterocycles. The Morgan fingerprint density at radius 3 is 2.80 bits per heavy atom. The predicted octanol–water partition coefficient (Wildman–Crippen LogP) is 1.32. The van der Waals surface area contributed by atoms with Crippen LogP contribution in [0.4, 0.5) is 5.69 Å². The Kier molecular flexibility index (Phi) is 4.52. The first kappa shape index (κ1) is 15.1. The third-order valence-electron chi connectivity index (χ3n) is 3.34. The molecular weight excluding hydrogens is 280 g/mol. The second kappa shape index (κ2) is 5.99. The molecule has 2 rings (SSSR count). The van der Waals surface area contributed by atoms with Crippen molar-refractivity contribution in [2.75, 3.05) is 19.0 Å². The summed E-state index contributed by atoms with van der Waals surface area (Å²) in [7, 11) is -2.18. The molecule has 1 aromatic carbocycles. The smallest absolute Gasteiger partial charge is 0.238 e. The van der Waals surface area contributed by atoms with E-state index in [0.717, 1.165) is 12.8 Å². The topological polar surface area (TPSA) is 90.7 Å². The van der Waals surface area contributed by atoms with Crippen LogP contribution in [0.5, 0.6) is 5.75 Å². The van der Waals surface area contributed by atoms with Crippen LogP contribution in [0, 0.1) is 0 Å². The van der Waals surface area contributed by atoms with Gasteiger partial charge in [-0.3, -0.25) is 0 Å². The first-order valence-corrected chi connectivity index (χ1v) is 8.04. The van der Waals surface area contributed by atoms with E-state index in [1.807, 2.05) is 6.92 Å². The van der Waals surface area contributed by atoms with E-state index in [1.165, 1.54) is 12.1 Å². The van der Waals surface area contributed by atoms with Crippen LogP contribution >= 0.6 is 0 Å². The van der Waals surface area contributed by atoms with E-state index < -0.39 is 10.0 Å². The third-order valence-corrected chi connectivity index (χ3v) is 4.26. The Balaban J connectivity index is 2.24. The van der Waals surface area contributed by atoms with Gasteiger partial charge in [0.2, 0.25) is 10.0 Å². The highest BCUT2D eigenvalue weighted by atomic mass is 32.2. The second-order valence-corrected chi connectivity index (χ2v) is 6.52. The Morgan fingerprint density at radius 1 is 1.45 bits per heavy atom. The molecule has 0 radical (unpaired) electrons. The zero-order valence-corrected chi connectivity index (χ0v) is 12.4. The number of hydrogen-bond acceptors (Lipinski definition) is 5. The second-order valence-electron chi connectivity index (χ2n) is 4.95. The number of nitrogens with one attached hydrogen (secondary N) is 1. The number of nitrogens with two attached hydrogens (primary N) is 1. The van der Waals surface area contributed by atoms with E-state index in [9.17, 15) is 8.42 Å². The number of rotatable bonds is 4. The van der Waals surface area contributed by atoms with Gasteiger partial charge in [-0.2, -0.15) is 0 Å². The Labute approximate surface area is 119 Å². The first-order valence-electron chi connectivity index (χ1n) is 6.49. The van der Waals surface area contributed by atoms with Crippen molar-refractivity contribution >= 4 is 15.7 Å². The molecule has 2 unspecified atom stereocenters. The average Bonchev–Trinajstić information content (AvgIpc) is 2.37. The number of methoxy groups -OCH3 is 1. The highest BCUT2D eigenvalue weighted by molar-refractivity contribution is 7.89. The van der Waals surface area contributed by atoms with Crippen LogP contribution in [0.2, 0.25) is 0 Å². The maximum atomic E-state index is 11.4. The Bertz CT molecular complexity index is 574. The summed E-state index contributed by atoms with van der Waals surface area (Å²) >= 11 is 0. The zero-order valence-electron chi connectivity index (χ0n) is 11.6. The van der Waals surface area contributed by atoms with E-state index in [0.29, 0.717) is 18.0 Å². The molecule has 0 amide bonds. The fourth-order valence-electron chi connectivity index (χ4n) is 2.33. The SMILES string of the molecule is COc1ccc(S(N)(=O)=O)cc1NC1CCOC(C)C1. The highest BCUT2D eigenvalue weighted by Crippen LogP contribution is 2.29. The van der Waals surface area contributed by atoms with Crippen LogP contribution in [0.3, 0.4) is 0 Å². The summed E-state index contributed by atoms with van der Waals surface area (Å²) < 4.78 is 33.6. The Morgan fingerprint density at radius 2 is 2.20 bits per heavy atom. The number of hydrogen-bond donors (Lipinski definition) is 2. The molecule has 0 bridgehead atoms. The largest absolute Gasteiger partial charge is 0.495 e. The minimum atomic E-state index is -3.72. The molecule has 0 aromatic heterocycles. The summed E-state index contributed by atoms with van der Waals surface area (Å²) in [5.74, 6) is 0.594. The van der Waals surface area contributed by atoms with Crippen molar-refractivity contribution in [1.29, 1.82) is 0 Å². The van der Waals surface area contributed by atoms with Crippen molar-refractivity contribution < 1.29 is 17.9 Å². The predicted molar refractivity (Wildman–Crippen MR) is 76.4 cm³/mol. The normalized spacial score (nSPS) is 23.4. The van der Waals surface area contributed by atoms with Crippen molar-refractivity contribution in [1.82, 2.24) is 0 Å². The van der Waals surface area contributed by atoms with Gasteiger partial charge < -0.3 is 14.8 Å². The average molecular weight is 300 g/mol. The standard InChI is InChI=1S/C13H20N2O4S/c1-9-7-10(5-6-19-9)15-12-8-11(20(14,16)17)3-4-13(12)18-2/h3-4,8-10,15H,5-7H2,1-2H3,(H2,14,16,17). The lowest BCUT2D eigenvalue weighted by molar-refractivity contribution is 0.0232. The molecule has 20 heavy (non-hydrogen) atoms. The van der Waals surface area contributed by atoms with Crippen LogP contribution in [0.1, 0.15) is 19.8 Å². The van der Waals surface area contributed by atoms with Crippen LogP contribution in [0.15, 0.2) is 23.1 Å². The summed E-state index contributed by atoms with van der Waals surface area (Å²) in [6.45, 7) is 2.71. The van der Waals surface area contributed by atoms with Gasteiger partial charge in [0.05, 0.1) is 23.8 Å². The molecule has 1 aromatic rings. The molecule has 112 valence electrons. The lowest BCUT2D eigenvalue weighted by Crippen LogP contribution is -2.32. The third kappa shape index (κ3) is 3.62. The first-order chi connectivity index (χ1) is 9.40. The lowest BCUT2D eigenvalue weighted by atomic mass is 10.0. The van der Waals surface area contributed by atoms with E-state index >= 15 is 0 Å². The molecule has 3 N–H and O–H groups in total. The van der Waals surface area contributed by atoms with Gasteiger partial charge in [-0.05, 0) is 38.0 Å². The summed E-state index contributed by atoms with van der Waals surface area (Å²) in [6, 6.07) is 4.77. The van der Waals surface area contributed by atoms with Crippen LogP contribution < -0.4 is 15.2 Å². The summed E-state index contributed by atoms with van der Waals surface area (Å²) in [6.07, 6.45) is 1.92. The van der Waals surface area contributed by atoms with Gasteiger partial charge in [0.15, 0.2) is 0 Å². The molecule has 0 aliphatic carbocycles. The minimum absolute atomic E-state index is 0.0703. The van der Waals surface area contributed by atoms with Crippen molar-refractivity contribution in [2.24, 2.45) is 5.14 Å². The minimum Gasteiger partial charge on any atom is -0.495 e. The van der Waals surface area contributed by atoms with Gasteiger partial charge in [0, 0.05) is 12.6 Å². The monoisotopic (exact) mass is 300 g/mol. The molecule has 1 aliphatic rings. The van der Waals surface area contributed by atoms with E-state index in [4.69, 9.17) is 14.6 Å². The quantitative estimate of drug-likeness (QED) is 0.875. The molecule has 1 saturated heterocycles. The van der Waals surface area contributed by atoms with Crippen molar-refractivity contribution in [3.05, 3.63) is 18.2 Å². The molecule has 1 aliphatic heterocycles. The molecule has 0 saturated carbocycles. The van der Waals surface area contributed by atoms with Crippen LogP contribution in [-0.4, -0.2) is 34.3 Å². The van der Waals surface area contributed by atoms with Crippen LogP contribution in [-0.2, 0) is 14.8 Å². The fraction of sp³-hybridized carbons (Fsp3) is 0.538. The molecular formula is C13H20N2O4S. The summed E-state index contributed by atoms with van der Waals surface area (Å²) in [4.78, 5) is 0.0703. The number of ether oxygens (including phenoxy) is 2. The highest BCUT2D eigenvalue weighted by Gasteiger charge is 2.21. The number of primary sulfonamides is 1. The van der Waals surface area contributed by atoms with E-state index in [2.05, 4.69) is 5.32 Å². The number of anilines is 1. The molecule has 0 spiro atoms. The number of sulfonamides is 1. The van der Waals surface area contributed by atoms with Gasteiger partial charge in [-0.25, -0.2) is 13.6 Å². The van der Waals surface area contributed by atoms with Gasteiger partial charge in [-0.15, -0.1) is 0 Å². The van der Waals surface area contributed by atoms with Gasteiger partial charge in [0.25, 0.3) is 0 Å². The van der Waals surface area contributed by atoms with Crippen LogP contribution in [0.25, 0.3) is 0 Å². The molecule has 7 heteroatoms. The van der Waals surface area contributed by atoms with E-state index in [-0.39, 0.29) is 17.0 Å². The maximum Gasteiger partial charge on any atom is 0.238 e. The number of benzene rings is 1. The van der Waals surface area contributed by atoms with Gasteiger partial charge in [-0.1, -0.05) is 0 Å². The fourth-order valence-corrected chi connectivity index (χ4v) is 2.87.